The zero-order valence-corrected chi connectivity index (χ0v) is 17.0. The molecule has 1 unspecified atom stereocenters. The van der Waals surface area contributed by atoms with E-state index in [1.165, 1.54) is 17.4 Å². The van der Waals surface area contributed by atoms with Crippen molar-refractivity contribution in [3.05, 3.63) is 57.0 Å². The Morgan fingerprint density at radius 1 is 1.18 bits per heavy atom. The van der Waals surface area contributed by atoms with Gasteiger partial charge in [-0.2, -0.15) is 0 Å². The van der Waals surface area contributed by atoms with Crippen LogP contribution in [-0.4, -0.2) is 42.9 Å². The van der Waals surface area contributed by atoms with E-state index in [9.17, 15) is 14.0 Å². The highest BCUT2D eigenvalue weighted by molar-refractivity contribution is 7.12. The highest BCUT2D eigenvalue weighted by atomic mass is 35.5. The van der Waals surface area contributed by atoms with E-state index in [0.717, 1.165) is 25.9 Å². The average molecular weight is 424 g/mol. The van der Waals surface area contributed by atoms with Crippen molar-refractivity contribution in [2.45, 2.75) is 25.3 Å². The molecule has 1 aliphatic rings. The Labute approximate surface area is 172 Å². The maximum absolute atomic E-state index is 14.4. The first-order valence-corrected chi connectivity index (χ1v) is 10.6. The Kier molecular flexibility index (Phi) is 7.42. The number of hydrogen-bond donors (Lipinski definition) is 2. The number of amides is 2. The molecule has 0 bridgehead atoms. The lowest BCUT2D eigenvalue weighted by atomic mass is 10.0. The molecule has 2 aromatic rings. The van der Waals surface area contributed by atoms with Crippen LogP contribution in [0.3, 0.4) is 0 Å². The summed E-state index contributed by atoms with van der Waals surface area (Å²) in [4.78, 5) is 26.9. The fourth-order valence-electron chi connectivity index (χ4n) is 3.38. The molecule has 1 atom stereocenters. The zero-order valence-electron chi connectivity index (χ0n) is 15.4. The van der Waals surface area contributed by atoms with Crippen molar-refractivity contribution in [2.75, 3.05) is 26.2 Å². The van der Waals surface area contributed by atoms with Crippen LogP contribution in [0.4, 0.5) is 4.39 Å². The zero-order chi connectivity index (χ0) is 19.9. The fraction of sp³-hybridized carbons (Fsp3) is 0.400. The summed E-state index contributed by atoms with van der Waals surface area (Å²) in [6.45, 7) is 2.22. The van der Waals surface area contributed by atoms with Gasteiger partial charge in [0.1, 0.15) is 5.82 Å². The third-order valence-electron chi connectivity index (χ3n) is 4.79. The van der Waals surface area contributed by atoms with Gasteiger partial charge in [-0.1, -0.05) is 23.7 Å². The fourth-order valence-corrected chi connectivity index (χ4v) is 4.31. The molecule has 0 spiro atoms. The van der Waals surface area contributed by atoms with E-state index in [0.29, 0.717) is 15.5 Å². The second-order valence-electron chi connectivity index (χ2n) is 6.68. The molecule has 28 heavy (non-hydrogen) atoms. The van der Waals surface area contributed by atoms with Crippen molar-refractivity contribution >= 4 is 34.8 Å². The monoisotopic (exact) mass is 423 g/mol. The minimum Gasteiger partial charge on any atom is -0.354 e. The number of benzene rings is 1. The van der Waals surface area contributed by atoms with Gasteiger partial charge in [0.15, 0.2) is 0 Å². The molecule has 0 saturated carbocycles. The molecule has 2 heterocycles. The Morgan fingerprint density at radius 3 is 2.64 bits per heavy atom. The molecule has 0 radical (unpaired) electrons. The van der Waals surface area contributed by atoms with Gasteiger partial charge in [0.05, 0.1) is 10.9 Å². The quantitative estimate of drug-likeness (QED) is 0.681. The second kappa shape index (κ2) is 10.0. The maximum Gasteiger partial charge on any atom is 0.261 e. The number of carbonyl (C=O) groups excluding carboxylic acids is 2. The van der Waals surface area contributed by atoms with Crippen molar-refractivity contribution in [3.8, 4) is 0 Å². The molecule has 1 saturated heterocycles. The van der Waals surface area contributed by atoms with Crippen LogP contribution in [0.15, 0.2) is 35.7 Å². The van der Waals surface area contributed by atoms with Crippen LogP contribution in [0.1, 0.15) is 40.5 Å². The van der Waals surface area contributed by atoms with Crippen LogP contribution < -0.4 is 10.6 Å². The van der Waals surface area contributed by atoms with Gasteiger partial charge in [-0.3, -0.25) is 14.5 Å². The lowest BCUT2D eigenvalue weighted by molar-refractivity contribution is -0.121. The number of hydrogen-bond acceptors (Lipinski definition) is 4. The molecule has 2 N–H and O–H groups in total. The standard InChI is InChI=1S/C20H23ClFN3O2S/c21-14-5-3-6-15(22)19(14)16(25-10-1-2-11-25)13-24-18(26)8-9-23-20(27)17-7-4-12-28-17/h3-7,12,16H,1-2,8-11,13H2,(H,23,27)(H,24,26). The first kappa shape index (κ1) is 20.8. The van der Waals surface area contributed by atoms with Crippen molar-refractivity contribution in [1.82, 2.24) is 15.5 Å². The molecule has 0 aliphatic carbocycles. The number of thiophene rings is 1. The summed E-state index contributed by atoms with van der Waals surface area (Å²) >= 11 is 7.61. The molecular weight excluding hydrogens is 401 g/mol. The molecule has 1 fully saturated rings. The van der Waals surface area contributed by atoms with Gasteiger partial charge < -0.3 is 10.6 Å². The smallest absolute Gasteiger partial charge is 0.261 e. The highest BCUT2D eigenvalue weighted by Crippen LogP contribution is 2.31. The van der Waals surface area contributed by atoms with Crippen LogP contribution in [0.2, 0.25) is 5.02 Å². The van der Waals surface area contributed by atoms with E-state index in [1.807, 2.05) is 5.38 Å². The Balaban J connectivity index is 1.54. The van der Waals surface area contributed by atoms with Crippen LogP contribution in [-0.2, 0) is 4.79 Å². The van der Waals surface area contributed by atoms with Crippen molar-refractivity contribution in [1.29, 1.82) is 0 Å². The van der Waals surface area contributed by atoms with Gasteiger partial charge >= 0.3 is 0 Å². The van der Waals surface area contributed by atoms with Gasteiger partial charge in [0, 0.05) is 30.1 Å². The van der Waals surface area contributed by atoms with E-state index in [1.54, 1.807) is 24.3 Å². The maximum atomic E-state index is 14.4. The lowest BCUT2D eigenvalue weighted by Gasteiger charge is -2.29. The topological polar surface area (TPSA) is 61.4 Å². The van der Waals surface area contributed by atoms with Gasteiger partial charge in [-0.15, -0.1) is 11.3 Å². The number of likely N-dealkylation sites (tertiary alicyclic amines) is 1. The van der Waals surface area contributed by atoms with Gasteiger partial charge in [0.2, 0.25) is 5.91 Å². The highest BCUT2D eigenvalue weighted by Gasteiger charge is 2.28. The predicted molar refractivity (Wildman–Crippen MR) is 109 cm³/mol. The first-order chi connectivity index (χ1) is 13.6. The Hall–Kier alpha value is -1.96. The summed E-state index contributed by atoms with van der Waals surface area (Å²) in [7, 11) is 0. The predicted octanol–water partition coefficient (Wildman–Crippen LogP) is 3.61. The summed E-state index contributed by atoms with van der Waals surface area (Å²) < 4.78 is 14.4. The van der Waals surface area contributed by atoms with E-state index in [4.69, 9.17) is 11.6 Å². The van der Waals surface area contributed by atoms with Crippen molar-refractivity contribution in [3.63, 3.8) is 0 Å². The molecule has 1 aliphatic heterocycles. The van der Waals surface area contributed by atoms with Gasteiger partial charge in [-0.25, -0.2) is 4.39 Å². The van der Waals surface area contributed by atoms with E-state index < -0.39 is 0 Å². The normalized spacial score (nSPS) is 15.4. The lowest BCUT2D eigenvalue weighted by Crippen LogP contribution is -2.38. The minimum atomic E-state index is -0.359. The summed E-state index contributed by atoms with van der Waals surface area (Å²) in [5.74, 6) is -0.735. The summed E-state index contributed by atoms with van der Waals surface area (Å²) in [6.07, 6.45) is 2.26. The number of rotatable bonds is 8. The van der Waals surface area contributed by atoms with Crippen LogP contribution in [0.5, 0.6) is 0 Å². The van der Waals surface area contributed by atoms with Crippen LogP contribution >= 0.6 is 22.9 Å². The van der Waals surface area contributed by atoms with E-state index in [-0.39, 0.29) is 43.2 Å². The largest absolute Gasteiger partial charge is 0.354 e. The van der Waals surface area contributed by atoms with Crippen molar-refractivity contribution in [2.24, 2.45) is 0 Å². The third kappa shape index (κ3) is 5.31. The number of carbonyl (C=O) groups is 2. The summed E-state index contributed by atoms with van der Waals surface area (Å²) in [6, 6.07) is 7.88. The molecule has 3 rings (SSSR count). The molecular formula is C20H23ClFN3O2S. The Bertz CT molecular complexity index is 790. The second-order valence-corrected chi connectivity index (χ2v) is 8.04. The molecule has 1 aromatic carbocycles. The Morgan fingerprint density at radius 2 is 1.96 bits per heavy atom. The first-order valence-electron chi connectivity index (χ1n) is 9.32. The van der Waals surface area contributed by atoms with Crippen LogP contribution in [0, 0.1) is 5.82 Å². The van der Waals surface area contributed by atoms with E-state index in [2.05, 4.69) is 15.5 Å². The molecule has 2 amide bonds. The van der Waals surface area contributed by atoms with Crippen LogP contribution in [0.25, 0.3) is 0 Å². The van der Waals surface area contributed by atoms with E-state index >= 15 is 0 Å². The summed E-state index contributed by atoms with van der Waals surface area (Å²) in [5, 5.41) is 7.79. The molecule has 5 nitrogen and oxygen atoms in total. The molecule has 8 heteroatoms. The number of halogens is 2. The summed E-state index contributed by atoms with van der Waals surface area (Å²) in [5.41, 5.74) is 0.428. The molecule has 150 valence electrons. The van der Waals surface area contributed by atoms with Crippen molar-refractivity contribution < 1.29 is 14.0 Å². The third-order valence-corrected chi connectivity index (χ3v) is 5.99. The van der Waals surface area contributed by atoms with Gasteiger partial charge in [-0.05, 0) is 49.5 Å². The number of nitrogens with zero attached hydrogens (tertiary/aromatic N) is 1. The minimum absolute atomic E-state index is 0.162. The SMILES string of the molecule is O=C(CCNC(=O)c1cccs1)NCC(c1c(F)cccc1Cl)N1CCCC1. The average Bonchev–Trinajstić information content (AvgIpc) is 3.38. The number of nitrogens with one attached hydrogen (secondary N) is 2. The molecule has 1 aromatic heterocycles. The van der Waals surface area contributed by atoms with Gasteiger partial charge in [0.25, 0.3) is 5.91 Å².